The van der Waals surface area contributed by atoms with Crippen LogP contribution >= 0.6 is 0 Å². The van der Waals surface area contributed by atoms with E-state index in [9.17, 15) is 14.4 Å². The number of hydrogen-bond acceptors (Lipinski definition) is 6. The van der Waals surface area contributed by atoms with Crippen molar-refractivity contribution in [3.05, 3.63) is 0 Å². The van der Waals surface area contributed by atoms with Gasteiger partial charge in [0.2, 0.25) is 0 Å². The van der Waals surface area contributed by atoms with E-state index in [0.717, 1.165) is 0 Å². The molecule has 0 rings (SSSR count). The molecule has 0 radical (unpaired) electrons. The van der Waals surface area contributed by atoms with Crippen molar-refractivity contribution >= 4 is 17.9 Å². The number of aliphatic carboxylic acids is 2. The highest BCUT2D eigenvalue weighted by molar-refractivity contribution is 5.82. The van der Waals surface area contributed by atoms with Crippen LogP contribution in [0.1, 0.15) is 6.42 Å². The van der Waals surface area contributed by atoms with Crippen molar-refractivity contribution in [2.75, 3.05) is 6.61 Å². The molecule has 0 amide bonds. The Bertz CT molecular complexity index is 266. The van der Waals surface area contributed by atoms with Gasteiger partial charge in [-0.3, -0.25) is 14.4 Å². The molecule has 0 saturated carbocycles. The standard InChI is InChI=1S/C7H12N2O6/c8-3(1-5(10)11)7(14)15-2-4(9)6(12)13/h3-4H,1-2,8-9H2,(H,10,11)(H,12,13)/t3-,4-/m0/s1. The molecule has 0 aromatic carbocycles. The van der Waals surface area contributed by atoms with Crippen LogP contribution in [0.4, 0.5) is 0 Å². The van der Waals surface area contributed by atoms with Gasteiger partial charge in [-0.15, -0.1) is 0 Å². The molecule has 0 unspecified atom stereocenters. The average molecular weight is 220 g/mol. The normalized spacial score (nSPS) is 14.0. The topological polar surface area (TPSA) is 153 Å². The lowest BCUT2D eigenvalue weighted by molar-refractivity contribution is -0.152. The molecule has 0 aromatic rings. The predicted molar refractivity (Wildman–Crippen MR) is 46.8 cm³/mol. The lowest BCUT2D eigenvalue weighted by Crippen LogP contribution is -2.40. The molecule has 0 fully saturated rings. The summed E-state index contributed by atoms with van der Waals surface area (Å²) in [5.41, 5.74) is 10.2. The lowest BCUT2D eigenvalue weighted by atomic mass is 10.2. The Hall–Kier alpha value is -1.67. The van der Waals surface area contributed by atoms with E-state index in [0.29, 0.717) is 0 Å². The van der Waals surface area contributed by atoms with Crippen LogP contribution in [0.2, 0.25) is 0 Å². The summed E-state index contributed by atoms with van der Waals surface area (Å²) >= 11 is 0. The number of carbonyl (C=O) groups excluding carboxylic acids is 1. The molecule has 0 aromatic heterocycles. The van der Waals surface area contributed by atoms with Gasteiger partial charge in [0, 0.05) is 0 Å². The maximum absolute atomic E-state index is 10.9. The van der Waals surface area contributed by atoms with Crippen molar-refractivity contribution in [3.63, 3.8) is 0 Å². The van der Waals surface area contributed by atoms with E-state index in [2.05, 4.69) is 4.74 Å². The van der Waals surface area contributed by atoms with Crippen molar-refractivity contribution in [1.82, 2.24) is 0 Å². The fourth-order valence-electron chi connectivity index (χ4n) is 0.622. The third kappa shape index (κ3) is 5.60. The minimum Gasteiger partial charge on any atom is -0.481 e. The zero-order valence-electron chi connectivity index (χ0n) is 7.75. The molecule has 0 aliphatic carbocycles. The minimum atomic E-state index is -1.34. The second kappa shape index (κ2) is 5.94. The molecule has 8 heteroatoms. The van der Waals surface area contributed by atoms with Gasteiger partial charge in [-0.2, -0.15) is 0 Å². The van der Waals surface area contributed by atoms with E-state index in [-0.39, 0.29) is 0 Å². The zero-order chi connectivity index (χ0) is 12.0. The van der Waals surface area contributed by atoms with Gasteiger partial charge in [-0.25, -0.2) is 0 Å². The van der Waals surface area contributed by atoms with Gasteiger partial charge in [0.1, 0.15) is 18.7 Å². The maximum Gasteiger partial charge on any atom is 0.324 e. The molecule has 6 N–H and O–H groups in total. The van der Waals surface area contributed by atoms with E-state index in [1.165, 1.54) is 0 Å². The van der Waals surface area contributed by atoms with Crippen molar-refractivity contribution in [1.29, 1.82) is 0 Å². The highest BCUT2D eigenvalue weighted by Gasteiger charge is 2.21. The Kier molecular flexibility index (Phi) is 5.27. The predicted octanol–water partition coefficient (Wildman–Crippen LogP) is -2.26. The quantitative estimate of drug-likeness (QED) is 0.366. The Balaban J connectivity index is 3.93. The maximum atomic E-state index is 10.9. The first-order valence-corrected chi connectivity index (χ1v) is 3.97. The Morgan fingerprint density at radius 1 is 1.13 bits per heavy atom. The van der Waals surface area contributed by atoms with Crippen LogP contribution < -0.4 is 11.5 Å². The van der Waals surface area contributed by atoms with E-state index in [4.69, 9.17) is 21.7 Å². The Labute approximate surface area is 84.8 Å². The van der Waals surface area contributed by atoms with Crippen molar-refractivity contribution in [2.24, 2.45) is 11.5 Å². The second-order valence-electron chi connectivity index (χ2n) is 2.78. The molecule has 0 saturated heterocycles. The summed E-state index contributed by atoms with van der Waals surface area (Å²) in [4.78, 5) is 31.3. The first-order chi connectivity index (χ1) is 6.84. The molecular formula is C7H12N2O6. The van der Waals surface area contributed by atoms with Gasteiger partial charge in [-0.05, 0) is 0 Å². The summed E-state index contributed by atoms with van der Waals surface area (Å²) in [6, 6.07) is -2.66. The van der Waals surface area contributed by atoms with E-state index in [1.807, 2.05) is 0 Å². The summed E-state index contributed by atoms with van der Waals surface area (Å²) < 4.78 is 4.39. The monoisotopic (exact) mass is 220 g/mol. The van der Waals surface area contributed by atoms with Crippen LogP contribution in [-0.4, -0.2) is 46.8 Å². The number of hydrogen-bond donors (Lipinski definition) is 4. The van der Waals surface area contributed by atoms with Crippen molar-refractivity contribution in [3.8, 4) is 0 Å². The largest absolute Gasteiger partial charge is 0.481 e. The van der Waals surface area contributed by atoms with Crippen LogP contribution in [0.3, 0.4) is 0 Å². The molecule has 2 atom stereocenters. The number of carboxylic acids is 2. The Morgan fingerprint density at radius 3 is 2.07 bits per heavy atom. The highest BCUT2D eigenvalue weighted by atomic mass is 16.5. The van der Waals surface area contributed by atoms with Gasteiger partial charge >= 0.3 is 17.9 Å². The molecule has 86 valence electrons. The number of carboxylic acid groups (broad SMARTS) is 2. The fourth-order valence-corrected chi connectivity index (χ4v) is 0.622. The zero-order valence-corrected chi connectivity index (χ0v) is 7.75. The highest BCUT2D eigenvalue weighted by Crippen LogP contribution is 1.93. The molecule has 15 heavy (non-hydrogen) atoms. The molecule has 0 aliphatic rings. The molecule has 0 aliphatic heterocycles. The summed E-state index contributed by atoms with van der Waals surface area (Å²) in [5, 5.41) is 16.6. The Morgan fingerprint density at radius 2 is 1.67 bits per heavy atom. The number of nitrogens with two attached hydrogens (primary N) is 2. The summed E-state index contributed by atoms with van der Waals surface area (Å²) in [6.45, 7) is -0.540. The van der Waals surface area contributed by atoms with Gasteiger partial charge in [0.25, 0.3) is 0 Å². The minimum absolute atomic E-state index is 0.540. The molecule has 0 bridgehead atoms. The molecule has 8 nitrogen and oxygen atoms in total. The third-order valence-corrected chi connectivity index (χ3v) is 1.42. The van der Waals surface area contributed by atoms with Gasteiger partial charge < -0.3 is 26.4 Å². The summed E-state index contributed by atoms with van der Waals surface area (Å²) in [5.74, 6) is -3.56. The summed E-state index contributed by atoms with van der Waals surface area (Å²) in [6.07, 6.45) is -0.582. The van der Waals surface area contributed by atoms with Gasteiger partial charge in [-0.1, -0.05) is 0 Å². The van der Waals surface area contributed by atoms with Crippen LogP contribution in [0.5, 0.6) is 0 Å². The van der Waals surface area contributed by atoms with Crippen molar-refractivity contribution < 1.29 is 29.3 Å². The van der Waals surface area contributed by atoms with Gasteiger partial charge in [0.15, 0.2) is 0 Å². The summed E-state index contributed by atoms with van der Waals surface area (Å²) in [7, 11) is 0. The number of rotatable bonds is 6. The van der Waals surface area contributed by atoms with E-state index < -0.39 is 43.0 Å². The molecule has 0 spiro atoms. The SMILES string of the molecule is N[C@@H](COC(=O)[C@@H](N)CC(=O)O)C(=O)O. The number of esters is 1. The molecular weight excluding hydrogens is 208 g/mol. The number of carbonyl (C=O) groups is 3. The second-order valence-corrected chi connectivity index (χ2v) is 2.78. The van der Waals surface area contributed by atoms with Crippen LogP contribution in [0.15, 0.2) is 0 Å². The average Bonchev–Trinajstić information content (AvgIpc) is 2.12. The lowest BCUT2D eigenvalue weighted by Gasteiger charge is -2.11. The van der Waals surface area contributed by atoms with Crippen molar-refractivity contribution in [2.45, 2.75) is 18.5 Å². The smallest absolute Gasteiger partial charge is 0.324 e. The first-order valence-electron chi connectivity index (χ1n) is 3.97. The van der Waals surface area contributed by atoms with Gasteiger partial charge in [0.05, 0.1) is 6.42 Å². The fraction of sp³-hybridized carbons (Fsp3) is 0.571. The van der Waals surface area contributed by atoms with Crippen LogP contribution in [-0.2, 0) is 19.1 Å². The van der Waals surface area contributed by atoms with Crippen LogP contribution in [0, 0.1) is 0 Å². The number of ether oxygens (including phenoxy) is 1. The first kappa shape index (κ1) is 13.3. The molecule has 0 heterocycles. The van der Waals surface area contributed by atoms with Crippen LogP contribution in [0.25, 0.3) is 0 Å². The third-order valence-electron chi connectivity index (χ3n) is 1.42. The van der Waals surface area contributed by atoms with E-state index in [1.54, 1.807) is 0 Å². The van der Waals surface area contributed by atoms with E-state index >= 15 is 0 Å².